The molecule has 2 N–H and O–H groups in total. The predicted molar refractivity (Wildman–Crippen MR) is 66.9 cm³/mol. The van der Waals surface area contributed by atoms with Crippen molar-refractivity contribution in [1.29, 1.82) is 0 Å². The minimum absolute atomic E-state index is 0. The van der Waals surface area contributed by atoms with E-state index in [0.717, 1.165) is 12.2 Å². The van der Waals surface area contributed by atoms with Gasteiger partial charge >= 0.3 is 0 Å². The third-order valence-electron chi connectivity index (χ3n) is 1.81. The molecule has 0 unspecified atom stereocenters. The van der Waals surface area contributed by atoms with Crippen molar-refractivity contribution < 1.29 is 4.79 Å². The second kappa shape index (κ2) is 7.24. The van der Waals surface area contributed by atoms with Crippen LogP contribution < -0.4 is 10.6 Å². The number of carbonyl (C=O) groups excluding carboxylic acids is 1. The van der Waals surface area contributed by atoms with Gasteiger partial charge < -0.3 is 10.6 Å². The Morgan fingerprint density at radius 3 is 2.81 bits per heavy atom. The third kappa shape index (κ3) is 5.14. The molecule has 0 radical (unpaired) electrons. The lowest BCUT2D eigenvalue weighted by Gasteiger charge is -2.03. The SMILES string of the molecule is CNCC(=O)Nc1cnn(CC(C)C)c1.Cl. The molecule has 1 heterocycles. The van der Waals surface area contributed by atoms with E-state index < -0.39 is 0 Å². The van der Waals surface area contributed by atoms with Crippen LogP contribution in [0.15, 0.2) is 12.4 Å². The quantitative estimate of drug-likeness (QED) is 0.819. The number of anilines is 1. The zero-order valence-electron chi connectivity index (χ0n) is 9.86. The number of hydrogen-bond acceptors (Lipinski definition) is 3. The Labute approximate surface area is 102 Å². The minimum atomic E-state index is -0.0541. The largest absolute Gasteiger partial charge is 0.322 e. The molecular weight excluding hydrogens is 228 g/mol. The van der Waals surface area contributed by atoms with E-state index in [9.17, 15) is 4.79 Å². The first-order valence-electron chi connectivity index (χ1n) is 5.08. The first-order valence-corrected chi connectivity index (χ1v) is 5.08. The van der Waals surface area contributed by atoms with Crippen molar-refractivity contribution in [3.8, 4) is 0 Å². The fraction of sp³-hybridized carbons (Fsp3) is 0.600. The van der Waals surface area contributed by atoms with E-state index in [1.54, 1.807) is 13.2 Å². The van der Waals surface area contributed by atoms with Crippen LogP contribution in [0.4, 0.5) is 5.69 Å². The molecule has 92 valence electrons. The second-order valence-corrected chi connectivity index (χ2v) is 3.92. The number of likely N-dealkylation sites (N-methyl/N-ethyl adjacent to an activating group) is 1. The van der Waals surface area contributed by atoms with E-state index in [0.29, 0.717) is 12.5 Å². The zero-order valence-corrected chi connectivity index (χ0v) is 10.7. The van der Waals surface area contributed by atoms with Gasteiger partial charge in [-0.1, -0.05) is 13.8 Å². The summed E-state index contributed by atoms with van der Waals surface area (Å²) in [5.74, 6) is 0.493. The van der Waals surface area contributed by atoms with Gasteiger partial charge in [0.15, 0.2) is 0 Å². The van der Waals surface area contributed by atoms with Gasteiger partial charge in [-0.15, -0.1) is 12.4 Å². The average molecular weight is 247 g/mol. The highest BCUT2D eigenvalue weighted by Crippen LogP contribution is 2.06. The zero-order chi connectivity index (χ0) is 11.3. The lowest BCUT2D eigenvalue weighted by Crippen LogP contribution is -2.24. The molecule has 1 rings (SSSR count). The molecular formula is C10H19ClN4O. The van der Waals surface area contributed by atoms with Gasteiger partial charge in [0.05, 0.1) is 18.4 Å². The Bertz CT molecular complexity index is 324. The molecule has 1 aromatic heterocycles. The lowest BCUT2D eigenvalue weighted by molar-refractivity contribution is -0.115. The summed E-state index contributed by atoms with van der Waals surface area (Å²) in [4.78, 5) is 11.2. The molecule has 1 aromatic rings. The van der Waals surface area contributed by atoms with E-state index in [1.165, 1.54) is 0 Å². The van der Waals surface area contributed by atoms with E-state index in [1.807, 2.05) is 10.9 Å². The highest BCUT2D eigenvalue weighted by Gasteiger charge is 2.03. The Morgan fingerprint density at radius 1 is 1.56 bits per heavy atom. The van der Waals surface area contributed by atoms with Crippen molar-refractivity contribution in [3.63, 3.8) is 0 Å². The van der Waals surface area contributed by atoms with Crippen LogP contribution in [0.3, 0.4) is 0 Å². The molecule has 1 amide bonds. The fourth-order valence-electron chi connectivity index (χ4n) is 1.27. The van der Waals surface area contributed by atoms with Gasteiger partial charge in [0, 0.05) is 12.7 Å². The number of rotatable bonds is 5. The summed E-state index contributed by atoms with van der Waals surface area (Å²) in [7, 11) is 1.74. The van der Waals surface area contributed by atoms with Gasteiger partial charge in [-0.3, -0.25) is 9.48 Å². The maximum atomic E-state index is 11.2. The number of aromatic nitrogens is 2. The van der Waals surface area contributed by atoms with Crippen molar-refractivity contribution in [2.75, 3.05) is 18.9 Å². The van der Waals surface area contributed by atoms with E-state index in [-0.39, 0.29) is 18.3 Å². The Morgan fingerprint density at radius 2 is 2.25 bits per heavy atom. The Balaban J connectivity index is 0.00000225. The van der Waals surface area contributed by atoms with Crippen LogP contribution in [0.1, 0.15) is 13.8 Å². The van der Waals surface area contributed by atoms with Crippen LogP contribution in [0.5, 0.6) is 0 Å². The monoisotopic (exact) mass is 246 g/mol. The number of amides is 1. The first-order chi connectivity index (χ1) is 7.11. The van der Waals surface area contributed by atoms with E-state index >= 15 is 0 Å². The molecule has 0 aliphatic rings. The van der Waals surface area contributed by atoms with Crippen LogP contribution in [0.2, 0.25) is 0 Å². The van der Waals surface area contributed by atoms with Crippen molar-refractivity contribution in [3.05, 3.63) is 12.4 Å². The molecule has 0 saturated heterocycles. The van der Waals surface area contributed by atoms with Crippen LogP contribution in [0.25, 0.3) is 0 Å². The average Bonchev–Trinajstić information content (AvgIpc) is 2.51. The van der Waals surface area contributed by atoms with Crippen molar-refractivity contribution >= 4 is 24.0 Å². The Kier molecular flexibility index (Phi) is 6.76. The van der Waals surface area contributed by atoms with Crippen molar-refractivity contribution in [2.24, 2.45) is 5.92 Å². The minimum Gasteiger partial charge on any atom is -0.322 e. The molecule has 0 atom stereocenters. The summed E-state index contributed by atoms with van der Waals surface area (Å²) in [6, 6.07) is 0. The number of carbonyl (C=O) groups is 1. The molecule has 0 bridgehead atoms. The number of nitrogens with one attached hydrogen (secondary N) is 2. The van der Waals surface area contributed by atoms with E-state index in [4.69, 9.17) is 0 Å². The first kappa shape index (κ1) is 14.9. The molecule has 0 spiro atoms. The van der Waals surface area contributed by atoms with Crippen LogP contribution >= 0.6 is 12.4 Å². The predicted octanol–water partition coefficient (Wildman–Crippen LogP) is 1.12. The molecule has 0 aliphatic heterocycles. The van der Waals surface area contributed by atoms with Gasteiger partial charge in [-0.25, -0.2) is 0 Å². The van der Waals surface area contributed by atoms with Gasteiger partial charge in [-0.05, 0) is 13.0 Å². The highest BCUT2D eigenvalue weighted by molar-refractivity contribution is 5.91. The summed E-state index contributed by atoms with van der Waals surface area (Å²) in [5.41, 5.74) is 0.746. The summed E-state index contributed by atoms with van der Waals surface area (Å²) < 4.78 is 1.83. The second-order valence-electron chi connectivity index (χ2n) is 3.92. The van der Waals surface area contributed by atoms with Crippen molar-refractivity contribution in [1.82, 2.24) is 15.1 Å². The van der Waals surface area contributed by atoms with Crippen molar-refractivity contribution in [2.45, 2.75) is 20.4 Å². The highest BCUT2D eigenvalue weighted by atomic mass is 35.5. The third-order valence-corrected chi connectivity index (χ3v) is 1.81. The van der Waals surface area contributed by atoms with Crippen LogP contribution in [0, 0.1) is 5.92 Å². The molecule has 0 aliphatic carbocycles. The molecule has 0 saturated carbocycles. The van der Waals surface area contributed by atoms with Crippen LogP contribution in [-0.2, 0) is 11.3 Å². The normalized spacial score (nSPS) is 10.0. The van der Waals surface area contributed by atoms with Gasteiger partial charge in [-0.2, -0.15) is 5.10 Å². The maximum absolute atomic E-state index is 11.2. The number of halogens is 1. The topological polar surface area (TPSA) is 59.0 Å². The molecule has 0 fully saturated rings. The smallest absolute Gasteiger partial charge is 0.238 e. The molecule has 16 heavy (non-hydrogen) atoms. The van der Waals surface area contributed by atoms with Crippen LogP contribution in [-0.4, -0.2) is 29.3 Å². The van der Waals surface area contributed by atoms with Gasteiger partial charge in [0.2, 0.25) is 5.91 Å². The van der Waals surface area contributed by atoms with Gasteiger partial charge in [0.1, 0.15) is 0 Å². The summed E-state index contributed by atoms with van der Waals surface area (Å²) in [6.45, 7) is 5.43. The molecule has 6 heteroatoms. The fourth-order valence-corrected chi connectivity index (χ4v) is 1.27. The summed E-state index contributed by atoms with van der Waals surface area (Å²) in [5, 5.41) is 9.69. The summed E-state index contributed by atoms with van der Waals surface area (Å²) in [6.07, 6.45) is 3.50. The lowest BCUT2D eigenvalue weighted by atomic mass is 10.2. The Hall–Kier alpha value is -1.07. The summed E-state index contributed by atoms with van der Waals surface area (Å²) >= 11 is 0. The number of hydrogen-bond donors (Lipinski definition) is 2. The molecule has 0 aromatic carbocycles. The van der Waals surface area contributed by atoms with E-state index in [2.05, 4.69) is 29.6 Å². The standard InChI is InChI=1S/C10H18N4O.ClH/c1-8(2)6-14-7-9(4-12-14)13-10(15)5-11-3;/h4,7-8,11H,5-6H2,1-3H3,(H,13,15);1H. The maximum Gasteiger partial charge on any atom is 0.238 e. The van der Waals surface area contributed by atoms with Gasteiger partial charge in [0.25, 0.3) is 0 Å². The number of nitrogens with zero attached hydrogens (tertiary/aromatic N) is 2. The molecule has 5 nitrogen and oxygen atoms in total.